The van der Waals surface area contributed by atoms with Gasteiger partial charge in [-0.05, 0) is 6.42 Å². The Bertz CT molecular complexity index is 187. The van der Waals surface area contributed by atoms with Gasteiger partial charge in [0, 0.05) is 51.3 Å². The van der Waals surface area contributed by atoms with Crippen LogP contribution in [0.1, 0.15) is 20.3 Å². The molecule has 1 rings (SSSR count). The first-order chi connectivity index (χ1) is 7.63. The molecule has 1 fully saturated rings. The largest absolute Gasteiger partial charge is 0.396 e. The van der Waals surface area contributed by atoms with E-state index in [4.69, 9.17) is 5.11 Å². The summed E-state index contributed by atoms with van der Waals surface area (Å²) in [4.78, 5) is 4.71. The highest BCUT2D eigenvalue weighted by molar-refractivity contribution is 4.80. The number of rotatable bonds is 6. The van der Waals surface area contributed by atoms with Crippen LogP contribution in [-0.4, -0.2) is 72.5 Å². The van der Waals surface area contributed by atoms with Crippen LogP contribution in [-0.2, 0) is 0 Å². The lowest BCUT2D eigenvalue weighted by Gasteiger charge is -2.39. The van der Waals surface area contributed by atoms with Crippen molar-refractivity contribution in [1.29, 1.82) is 0 Å². The van der Waals surface area contributed by atoms with E-state index in [1.54, 1.807) is 0 Å². The van der Waals surface area contributed by atoms with Crippen LogP contribution < -0.4 is 0 Å². The minimum absolute atomic E-state index is 0.0408. The Morgan fingerprint density at radius 3 is 2.06 bits per heavy atom. The van der Waals surface area contributed by atoms with Crippen molar-refractivity contribution in [3.05, 3.63) is 0 Å². The Morgan fingerprint density at radius 2 is 1.62 bits per heavy atom. The van der Waals surface area contributed by atoms with Gasteiger partial charge in [0.1, 0.15) is 0 Å². The van der Waals surface area contributed by atoms with Gasteiger partial charge < -0.3 is 15.1 Å². The summed E-state index contributed by atoms with van der Waals surface area (Å²) in [6.45, 7) is 10.7. The smallest absolute Gasteiger partial charge is 0.0558 e. The summed E-state index contributed by atoms with van der Waals surface area (Å²) in [6, 6.07) is 0. The third-order valence-electron chi connectivity index (χ3n) is 3.72. The van der Waals surface area contributed by atoms with E-state index in [1.165, 1.54) is 0 Å². The van der Waals surface area contributed by atoms with E-state index in [0.29, 0.717) is 0 Å². The Morgan fingerprint density at radius 1 is 1.06 bits per heavy atom. The van der Waals surface area contributed by atoms with Crippen molar-refractivity contribution < 1.29 is 10.2 Å². The maximum atomic E-state index is 9.38. The second-order valence-electron chi connectivity index (χ2n) is 5.16. The SMILES string of the molecule is CCC(C)(CO)CN1CCN(CCO)CC1. The molecule has 1 aliphatic rings. The van der Waals surface area contributed by atoms with Gasteiger partial charge in [0.2, 0.25) is 0 Å². The monoisotopic (exact) mass is 230 g/mol. The van der Waals surface area contributed by atoms with Crippen molar-refractivity contribution >= 4 is 0 Å². The van der Waals surface area contributed by atoms with E-state index in [2.05, 4.69) is 23.6 Å². The summed E-state index contributed by atoms with van der Waals surface area (Å²) in [5.74, 6) is 0. The summed E-state index contributed by atoms with van der Waals surface area (Å²) in [7, 11) is 0. The Kier molecular flexibility index (Phi) is 5.69. The molecule has 0 bridgehead atoms. The van der Waals surface area contributed by atoms with Crippen LogP contribution in [0, 0.1) is 5.41 Å². The molecule has 0 saturated carbocycles. The number of aliphatic hydroxyl groups is 2. The maximum Gasteiger partial charge on any atom is 0.0558 e. The average molecular weight is 230 g/mol. The molecule has 1 saturated heterocycles. The van der Waals surface area contributed by atoms with Crippen molar-refractivity contribution in [3.8, 4) is 0 Å². The van der Waals surface area contributed by atoms with E-state index in [9.17, 15) is 5.11 Å². The number of aliphatic hydroxyl groups excluding tert-OH is 2. The van der Waals surface area contributed by atoms with E-state index in [1.807, 2.05) is 0 Å². The van der Waals surface area contributed by atoms with Crippen LogP contribution in [0.15, 0.2) is 0 Å². The van der Waals surface area contributed by atoms with E-state index < -0.39 is 0 Å². The molecule has 4 heteroatoms. The zero-order valence-corrected chi connectivity index (χ0v) is 10.7. The fourth-order valence-corrected chi connectivity index (χ4v) is 2.13. The Balaban J connectivity index is 2.31. The molecular formula is C12H26N2O2. The third-order valence-corrected chi connectivity index (χ3v) is 3.72. The van der Waals surface area contributed by atoms with E-state index >= 15 is 0 Å². The summed E-state index contributed by atoms with van der Waals surface area (Å²) in [5, 5.41) is 18.2. The molecule has 0 radical (unpaired) electrons. The lowest BCUT2D eigenvalue weighted by Crippen LogP contribution is -2.50. The number of β-amino-alcohol motifs (C(OH)–C–C–N with tert-alkyl or cyclic N) is 1. The number of hydrogen-bond acceptors (Lipinski definition) is 4. The molecule has 2 N–H and O–H groups in total. The van der Waals surface area contributed by atoms with Crippen molar-refractivity contribution in [2.45, 2.75) is 20.3 Å². The molecule has 1 atom stereocenters. The van der Waals surface area contributed by atoms with Crippen molar-refractivity contribution in [2.24, 2.45) is 5.41 Å². The lowest BCUT2D eigenvalue weighted by atomic mass is 9.88. The molecule has 0 amide bonds. The first kappa shape index (κ1) is 13.9. The van der Waals surface area contributed by atoms with Gasteiger partial charge >= 0.3 is 0 Å². The standard InChI is InChI=1S/C12H26N2O2/c1-3-12(2,11-16)10-14-6-4-13(5-7-14)8-9-15/h15-16H,3-11H2,1-2H3. The van der Waals surface area contributed by atoms with Gasteiger partial charge in [0.15, 0.2) is 0 Å². The quantitative estimate of drug-likeness (QED) is 0.674. The molecule has 96 valence electrons. The molecule has 1 heterocycles. The molecule has 0 aliphatic carbocycles. The molecule has 1 unspecified atom stereocenters. The highest BCUT2D eigenvalue weighted by atomic mass is 16.3. The Labute approximate surface area is 98.9 Å². The van der Waals surface area contributed by atoms with Crippen LogP contribution in [0.25, 0.3) is 0 Å². The van der Waals surface area contributed by atoms with Crippen LogP contribution in [0.4, 0.5) is 0 Å². The minimum Gasteiger partial charge on any atom is -0.396 e. The first-order valence-electron chi connectivity index (χ1n) is 6.30. The van der Waals surface area contributed by atoms with Crippen LogP contribution >= 0.6 is 0 Å². The van der Waals surface area contributed by atoms with Gasteiger partial charge in [-0.1, -0.05) is 13.8 Å². The van der Waals surface area contributed by atoms with Crippen molar-refractivity contribution in [1.82, 2.24) is 9.80 Å². The lowest BCUT2D eigenvalue weighted by molar-refractivity contribution is 0.0498. The molecule has 1 aliphatic heterocycles. The van der Waals surface area contributed by atoms with E-state index in [-0.39, 0.29) is 18.6 Å². The van der Waals surface area contributed by atoms with Gasteiger partial charge in [-0.3, -0.25) is 4.90 Å². The molecule has 0 aromatic carbocycles. The molecule has 4 nitrogen and oxygen atoms in total. The van der Waals surface area contributed by atoms with Crippen molar-refractivity contribution in [2.75, 3.05) is 52.5 Å². The molecule has 16 heavy (non-hydrogen) atoms. The predicted octanol–water partition coefficient (Wildman–Crippen LogP) is 0.00490. The van der Waals surface area contributed by atoms with Gasteiger partial charge in [-0.2, -0.15) is 0 Å². The van der Waals surface area contributed by atoms with E-state index in [0.717, 1.165) is 45.7 Å². The fraction of sp³-hybridized carbons (Fsp3) is 1.00. The number of piperazine rings is 1. The van der Waals surface area contributed by atoms with Crippen LogP contribution in [0.5, 0.6) is 0 Å². The van der Waals surface area contributed by atoms with Crippen LogP contribution in [0.3, 0.4) is 0 Å². The maximum absolute atomic E-state index is 9.38. The fourth-order valence-electron chi connectivity index (χ4n) is 2.13. The summed E-state index contributed by atoms with van der Waals surface area (Å²) in [5.41, 5.74) is 0.0408. The van der Waals surface area contributed by atoms with Gasteiger partial charge in [-0.15, -0.1) is 0 Å². The van der Waals surface area contributed by atoms with Gasteiger partial charge in [-0.25, -0.2) is 0 Å². The third kappa shape index (κ3) is 4.01. The van der Waals surface area contributed by atoms with Crippen molar-refractivity contribution in [3.63, 3.8) is 0 Å². The topological polar surface area (TPSA) is 46.9 Å². The zero-order chi connectivity index (χ0) is 12.0. The number of nitrogens with zero attached hydrogens (tertiary/aromatic N) is 2. The normalized spacial score (nSPS) is 23.2. The Hall–Kier alpha value is -0.160. The second kappa shape index (κ2) is 6.55. The number of hydrogen-bond donors (Lipinski definition) is 2. The molecular weight excluding hydrogens is 204 g/mol. The summed E-state index contributed by atoms with van der Waals surface area (Å²) < 4.78 is 0. The van der Waals surface area contributed by atoms with Gasteiger partial charge in [0.05, 0.1) is 6.61 Å². The average Bonchev–Trinajstić information content (AvgIpc) is 2.32. The second-order valence-corrected chi connectivity index (χ2v) is 5.16. The molecule has 0 aromatic rings. The highest BCUT2D eigenvalue weighted by Gasteiger charge is 2.26. The summed E-state index contributed by atoms with van der Waals surface area (Å²) in [6.07, 6.45) is 1.01. The first-order valence-corrected chi connectivity index (χ1v) is 6.30. The molecule has 0 spiro atoms. The highest BCUT2D eigenvalue weighted by Crippen LogP contribution is 2.22. The minimum atomic E-state index is 0.0408. The predicted molar refractivity (Wildman–Crippen MR) is 65.4 cm³/mol. The summed E-state index contributed by atoms with van der Waals surface area (Å²) >= 11 is 0. The van der Waals surface area contributed by atoms with Crippen LogP contribution in [0.2, 0.25) is 0 Å². The zero-order valence-electron chi connectivity index (χ0n) is 10.7. The molecule has 0 aromatic heterocycles. The van der Waals surface area contributed by atoms with Gasteiger partial charge in [0.25, 0.3) is 0 Å².